The number of ether oxygens (including phenoxy) is 1. The predicted octanol–water partition coefficient (Wildman–Crippen LogP) is 0.901. The molecule has 5 heteroatoms. The summed E-state index contributed by atoms with van der Waals surface area (Å²) in [5.74, 6) is 0.665. The summed E-state index contributed by atoms with van der Waals surface area (Å²) in [5.41, 5.74) is 0. The summed E-state index contributed by atoms with van der Waals surface area (Å²) in [7, 11) is 2.19. The van der Waals surface area contributed by atoms with Crippen molar-refractivity contribution in [1.82, 2.24) is 15.1 Å². The summed E-state index contributed by atoms with van der Waals surface area (Å²) in [6.07, 6.45) is 4.49. The van der Waals surface area contributed by atoms with E-state index < -0.39 is 0 Å². The quantitative estimate of drug-likeness (QED) is 0.768. The van der Waals surface area contributed by atoms with Gasteiger partial charge in [-0.15, -0.1) is 0 Å². The van der Waals surface area contributed by atoms with Gasteiger partial charge in [-0.2, -0.15) is 0 Å². The fourth-order valence-electron chi connectivity index (χ4n) is 3.74. The van der Waals surface area contributed by atoms with Gasteiger partial charge in [-0.1, -0.05) is 0 Å². The molecular formula is C14H25N3O2. The number of piperidine rings is 2. The molecule has 0 aromatic heterocycles. The Kier molecular flexibility index (Phi) is 3.93. The third kappa shape index (κ3) is 2.87. The summed E-state index contributed by atoms with van der Waals surface area (Å²) in [6, 6.07) is 0.807. The molecule has 0 saturated carbocycles. The van der Waals surface area contributed by atoms with Gasteiger partial charge in [0.05, 0.1) is 12.6 Å². The first-order chi connectivity index (χ1) is 9.24. The molecule has 1 N–H and O–H groups in total. The van der Waals surface area contributed by atoms with Crippen LogP contribution in [0, 0.1) is 5.92 Å². The lowest BCUT2D eigenvalue weighted by Gasteiger charge is -2.46. The topological polar surface area (TPSA) is 44.8 Å². The molecule has 2 amide bonds. The van der Waals surface area contributed by atoms with Crippen LogP contribution in [0.2, 0.25) is 0 Å². The van der Waals surface area contributed by atoms with E-state index in [2.05, 4.69) is 22.2 Å². The number of rotatable bonds is 1. The van der Waals surface area contributed by atoms with Crippen molar-refractivity contribution in [3.63, 3.8) is 0 Å². The molecule has 0 aromatic rings. The lowest BCUT2D eigenvalue weighted by atomic mass is 9.84. The van der Waals surface area contributed by atoms with E-state index in [-0.39, 0.29) is 12.1 Å². The van der Waals surface area contributed by atoms with Crippen LogP contribution >= 0.6 is 0 Å². The Morgan fingerprint density at radius 3 is 2.95 bits per heavy atom. The van der Waals surface area contributed by atoms with Gasteiger partial charge in [-0.25, -0.2) is 4.79 Å². The zero-order valence-corrected chi connectivity index (χ0v) is 11.8. The van der Waals surface area contributed by atoms with Crippen LogP contribution in [0.15, 0.2) is 0 Å². The van der Waals surface area contributed by atoms with Crippen LogP contribution in [-0.4, -0.2) is 67.8 Å². The SMILES string of the molecule is CN1CCC2C(CCCN2C(=O)NC2CCOC2)C1. The molecule has 5 nitrogen and oxygen atoms in total. The molecule has 3 rings (SSSR count). The zero-order valence-electron chi connectivity index (χ0n) is 11.8. The number of amides is 2. The van der Waals surface area contributed by atoms with Gasteiger partial charge >= 0.3 is 6.03 Å². The maximum atomic E-state index is 12.4. The monoisotopic (exact) mass is 267 g/mol. The third-order valence-corrected chi connectivity index (χ3v) is 4.79. The van der Waals surface area contributed by atoms with Gasteiger partial charge in [0.1, 0.15) is 0 Å². The van der Waals surface area contributed by atoms with Crippen molar-refractivity contribution >= 4 is 6.03 Å². The van der Waals surface area contributed by atoms with Crippen LogP contribution in [0.1, 0.15) is 25.7 Å². The second-order valence-electron chi connectivity index (χ2n) is 6.22. The summed E-state index contributed by atoms with van der Waals surface area (Å²) in [5, 5.41) is 3.14. The third-order valence-electron chi connectivity index (χ3n) is 4.79. The largest absolute Gasteiger partial charge is 0.379 e. The number of carbonyl (C=O) groups is 1. The Hall–Kier alpha value is -0.810. The molecule has 3 heterocycles. The highest BCUT2D eigenvalue weighted by Crippen LogP contribution is 2.30. The van der Waals surface area contributed by atoms with Gasteiger partial charge in [-0.3, -0.25) is 0 Å². The Morgan fingerprint density at radius 2 is 2.16 bits per heavy atom. The van der Waals surface area contributed by atoms with E-state index in [1.54, 1.807) is 0 Å². The lowest BCUT2D eigenvalue weighted by Crippen LogP contribution is -2.58. The number of nitrogens with zero attached hydrogens (tertiary/aromatic N) is 2. The molecular weight excluding hydrogens is 242 g/mol. The first kappa shape index (κ1) is 13.2. The lowest BCUT2D eigenvalue weighted by molar-refractivity contribution is 0.0521. The van der Waals surface area contributed by atoms with E-state index in [4.69, 9.17) is 4.74 Å². The number of hydrogen-bond acceptors (Lipinski definition) is 3. The fraction of sp³-hybridized carbons (Fsp3) is 0.929. The van der Waals surface area contributed by atoms with Crippen LogP contribution < -0.4 is 5.32 Å². The number of carbonyl (C=O) groups excluding carboxylic acids is 1. The maximum absolute atomic E-state index is 12.4. The van der Waals surface area contributed by atoms with E-state index in [1.165, 1.54) is 6.42 Å². The van der Waals surface area contributed by atoms with Crippen molar-refractivity contribution in [3.05, 3.63) is 0 Å². The number of fused-ring (bicyclic) bond motifs is 1. The molecule has 0 radical (unpaired) electrons. The highest BCUT2D eigenvalue weighted by Gasteiger charge is 2.37. The van der Waals surface area contributed by atoms with Crippen LogP contribution in [0.4, 0.5) is 4.79 Å². The van der Waals surface area contributed by atoms with Gasteiger partial charge in [0.2, 0.25) is 0 Å². The van der Waals surface area contributed by atoms with Crippen LogP contribution in [0.5, 0.6) is 0 Å². The van der Waals surface area contributed by atoms with Crippen LogP contribution in [-0.2, 0) is 4.74 Å². The fourth-order valence-corrected chi connectivity index (χ4v) is 3.74. The molecule has 3 aliphatic heterocycles. The van der Waals surface area contributed by atoms with Crippen molar-refractivity contribution in [3.8, 4) is 0 Å². The first-order valence-corrected chi connectivity index (χ1v) is 7.57. The molecule has 3 atom stereocenters. The van der Waals surface area contributed by atoms with Gasteiger partial charge in [-0.05, 0) is 45.2 Å². The Morgan fingerprint density at radius 1 is 1.26 bits per heavy atom. The number of urea groups is 1. The average Bonchev–Trinajstić information content (AvgIpc) is 2.90. The van der Waals surface area contributed by atoms with E-state index in [1.807, 2.05) is 0 Å². The van der Waals surface area contributed by atoms with E-state index in [0.29, 0.717) is 18.6 Å². The summed E-state index contributed by atoms with van der Waals surface area (Å²) >= 11 is 0. The van der Waals surface area contributed by atoms with E-state index in [9.17, 15) is 4.79 Å². The van der Waals surface area contributed by atoms with Gasteiger partial charge in [0.25, 0.3) is 0 Å². The minimum Gasteiger partial charge on any atom is -0.379 e. The smallest absolute Gasteiger partial charge is 0.317 e. The highest BCUT2D eigenvalue weighted by molar-refractivity contribution is 5.75. The first-order valence-electron chi connectivity index (χ1n) is 7.57. The van der Waals surface area contributed by atoms with Crippen molar-refractivity contribution in [2.24, 2.45) is 5.92 Å². The van der Waals surface area contributed by atoms with Gasteiger partial charge in [0.15, 0.2) is 0 Å². The molecule has 0 bridgehead atoms. The molecule has 0 aliphatic carbocycles. The van der Waals surface area contributed by atoms with Crippen molar-refractivity contribution in [2.75, 3.05) is 39.9 Å². The molecule has 108 valence electrons. The Bertz CT molecular complexity index is 331. The van der Waals surface area contributed by atoms with Crippen molar-refractivity contribution in [1.29, 1.82) is 0 Å². The maximum Gasteiger partial charge on any atom is 0.317 e. The second kappa shape index (κ2) is 5.67. The molecule has 3 saturated heterocycles. The van der Waals surface area contributed by atoms with Crippen LogP contribution in [0.25, 0.3) is 0 Å². The Labute approximate surface area is 115 Å². The molecule has 19 heavy (non-hydrogen) atoms. The molecule has 3 unspecified atom stereocenters. The van der Waals surface area contributed by atoms with E-state index in [0.717, 1.165) is 45.5 Å². The highest BCUT2D eigenvalue weighted by atomic mass is 16.5. The van der Waals surface area contributed by atoms with E-state index >= 15 is 0 Å². The van der Waals surface area contributed by atoms with Crippen molar-refractivity contribution < 1.29 is 9.53 Å². The zero-order chi connectivity index (χ0) is 13.2. The molecule has 0 spiro atoms. The molecule has 0 aromatic carbocycles. The standard InChI is InChI=1S/C14H25N3O2/c1-16-7-4-13-11(9-16)3-2-6-17(13)14(18)15-12-5-8-19-10-12/h11-13H,2-10H2,1H3,(H,15,18). The molecule has 3 aliphatic rings. The number of nitrogens with one attached hydrogen (secondary N) is 1. The summed E-state index contributed by atoms with van der Waals surface area (Å²) < 4.78 is 5.33. The second-order valence-corrected chi connectivity index (χ2v) is 6.22. The normalized spacial score (nSPS) is 36.1. The minimum atomic E-state index is 0.134. The Balaban J connectivity index is 1.60. The number of hydrogen-bond donors (Lipinski definition) is 1. The van der Waals surface area contributed by atoms with Gasteiger partial charge < -0.3 is 19.9 Å². The minimum absolute atomic E-state index is 0.134. The average molecular weight is 267 g/mol. The predicted molar refractivity (Wildman–Crippen MR) is 73.1 cm³/mol. The van der Waals surface area contributed by atoms with Crippen molar-refractivity contribution in [2.45, 2.75) is 37.8 Å². The summed E-state index contributed by atoms with van der Waals surface area (Å²) in [6.45, 7) is 4.63. The number of likely N-dealkylation sites (tertiary alicyclic amines) is 2. The van der Waals surface area contributed by atoms with Crippen LogP contribution in [0.3, 0.4) is 0 Å². The van der Waals surface area contributed by atoms with Gasteiger partial charge in [0, 0.05) is 25.7 Å². The molecule has 3 fully saturated rings. The summed E-state index contributed by atoms with van der Waals surface area (Å²) in [4.78, 5) is 16.9.